The summed E-state index contributed by atoms with van der Waals surface area (Å²) in [5, 5.41) is 3.65. The number of thiophene rings is 1. The number of Topliss-reactive ketones (excluding diaryl/α,β-unsaturated/α-hetero) is 1. The molecule has 19 heavy (non-hydrogen) atoms. The van der Waals surface area contributed by atoms with E-state index in [-0.39, 0.29) is 17.6 Å². The predicted molar refractivity (Wildman–Crippen MR) is 78.5 cm³/mol. The summed E-state index contributed by atoms with van der Waals surface area (Å²) >= 11 is 1.45. The molecular formula is C14H20N2O2S. The summed E-state index contributed by atoms with van der Waals surface area (Å²) in [6.45, 7) is 4.02. The zero-order valence-corrected chi connectivity index (χ0v) is 12.2. The maximum atomic E-state index is 12.1. The maximum Gasteiger partial charge on any atom is 0.228 e. The molecule has 1 aromatic heterocycles. The van der Waals surface area contributed by atoms with Gasteiger partial charge in [-0.25, -0.2) is 0 Å². The molecule has 0 spiro atoms. The molecule has 1 aliphatic carbocycles. The van der Waals surface area contributed by atoms with Crippen molar-refractivity contribution in [2.24, 2.45) is 5.92 Å². The van der Waals surface area contributed by atoms with E-state index >= 15 is 0 Å². The molecule has 4 nitrogen and oxygen atoms in total. The number of carbonyl (C=O) groups is 2. The summed E-state index contributed by atoms with van der Waals surface area (Å²) in [6.07, 6.45) is 3.38. The van der Waals surface area contributed by atoms with E-state index in [0.29, 0.717) is 24.9 Å². The fraction of sp³-hybridized carbons (Fsp3) is 0.571. The van der Waals surface area contributed by atoms with E-state index in [9.17, 15) is 9.59 Å². The fourth-order valence-corrected chi connectivity index (χ4v) is 3.64. The number of amides is 1. The van der Waals surface area contributed by atoms with Crippen LogP contribution in [0, 0.1) is 5.92 Å². The summed E-state index contributed by atoms with van der Waals surface area (Å²) in [5.74, 6) is 0.313. The van der Waals surface area contributed by atoms with Gasteiger partial charge in [0.1, 0.15) is 10.8 Å². The normalized spacial score (nSPS) is 14.6. The smallest absolute Gasteiger partial charge is 0.228 e. The van der Waals surface area contributed by atoms with Gasteiger partial charge in [0.25, 0.3) is 0 Å². The van der Waals surface area contributed by atoms with Crippen LogP contribution in [0.4, 0.5) is 10.7 Å². The van der Waals surface area contributed by atoms with Crippen molar-refractivity contribution in [2.45, 2.75) is 46.0 Å². The summed E-state index contributed by atoms with van der Waals surface area (Å²) in [7, 11) is 0. The first-order valence-corrected chi connectivity index (χ1v) is 7.61. The SMILES string of the molecule is CCC(CC)C(=O)Nc1sc2c(c1N)CCC(=O)C2. The van der Waals surface area contributed by atoms with Crippen molar-refractivity contribution in [1.29, 1.82) is 0 Å². The summed E-state index contributed by atoms with van der Waals surface area (Å²) in [4.78, 5) is 24.5. The van der Waals surface area contributed by atoms with Crippen LogP contribution in [0.15, 0.2) is 0 Å². The van der Waals surface area contributed by atoms with Crippen molar-refractivity contribution in [1.82, 2.24) is 0 Å². The third-order valence-electron chi connectivity index (χ3n) is 3.74. The van der Waals surface area contributed by atoms with E-state index in [1.165, 1.54) is 11.3 Å². The Morgan fingerprint density at radius 3 is 2.68 bits per heavy atom. The number of anilines is 2. The number of fused-ring (bicyclic) bond motifs is 1. The molecule has 1 aromatic rings. The van der Waals surface area contributed by atoms with E-state index in [2.05, 4.69) is 5.32 Å². The second-order valence-electron chi connectivity index (χ2n) is 4.96. The lowest BCUT2D eigenvalue weighted by Gasteiger charge is -2.12. The Hall–Kier alpha value is -1.36. The second kappa shape index (κ2) is 5.74. The average molecular weight is 280 g/mol. The highest BCUT2D eigenvalue weighted by molar-refractivity contribution is 7.17. The third-order valence-corrected chi connectivity index (χ3v) is 4.90. The molecule has 104 valence electrons. The number of rotatable bonds is 4. The topological polar surface area (TPSA) is 72.2 Å². The Morgan fingerprint density at radius 1 is 1.37 bits per heavy atom. The molecule has 0 radical (unpaired) electrons. The van der Waals surface area contributed by atoms with Gasteiger partial charge in [0.2, 0.25) is 5.91 Å². The molecule has 2 rings (SSSR count). The van der Waals surface area contributed by atoms with Gasteiger partial charge < -0.3 is 11.1 Å². The van der Waals surface area contributed by atoms with Crippen molar-refractivity contribution < 1.29 is 9.59 Å². The van der Waals surface area contributed by atoms with Crippen LogP contribution in [0.3, 0.4) is 0 Å². The third kappa shape index (κ3) is 2.81. The van der Waals surface area contributed by atoms with Crippen molar-refractivity contribution >= 4 is 33.7 Å². The molecular weight excluding hydrogens is 260 g/mol. The number of nitrogens with one attached hydrogen (secondary N) is 1. The lowest BCUT2D eigenvalue weighted by atomic mass is 9.97. The van der Waals surface area contributed by atoms with Crippen LogP contribution in [0.5, 0.6) is 0 Å². The Balaban J connectivity index is 2.18. The minimum absolute atomic E-state index is 0.0279. The van der Waals surface area contributed by atoms with Gasteiger partial charge in [0, 0.05) is 23.6 Å². The van der Waals surface area contributed by atoms with Gasteiger partial charge in [-0.15, -0.1) is 11.3 Å². The number of ketones is 1. The summed E-state index contributed by atoms with van der Waals surface area (Å²) < 4.78 is 0. The predicted octanol–water partition coefficient (Wildman–Crippen LogP) is 2.76. The Kier molecular flexibility index (Phi) is 4.24. The van der Waals surface area contributed by atoms with Crippen LogP contribution >= 0.6 is 11.3 Å². The van der Waals surface area contributed by atoms with Crippen molar-refractivity contribution in [2.75, 3.05) is 11.1 Å². The Morgan fingerprint density at radius 2 is 2.05 bits per heavy atom. The molecule has 0 bridgehead atoms. The summed E-state index contributed by atoms with van der Waals surface area (Å²) in [5.41, 5.74) is 7.80. The van der Waals surface area contributed by atoms with Crippen LogP contribution in [-0.2, 0) is 22.4 Å². The largest absolute Gasteiger partial charge is 0.396 e. The first-order chi connectivity index (χ1) is 9.06. The monoisotopic (exact) mass is 280 g/mol. The fourth-order valence-electron chi connectivity index (χ4n) is 2.44. The van der Waals surface area contributed by atoms with Gasteiger partial charge in [0.05, 0.1) is 5.69 Å². The van der Waals surface area contributed by atoms with Gasteiger partial charge >= 0.3 is 0 Å². The highest BCUT2D eigenvalue weighted by Crippen LogP contribution is 2.39. The number of carbonyl (C=O) groups excluding carboxylic acids is 2. The molecule has 0 saturated heterocycles. The highest BCUT2D eigenvalue weighted by Gasteiger charge is 2.24. The van der Waals surface area contributed by atoms with Gasteiger partial charge in [-0.3, -0.25) is 9.59 Å². The number of hydrogen-bond donors (Lipinski definition) is 2. The average Bonchev–Trinajstić information content (AvgIpc) is 2.67. The van der Waals surface area contributed by atoms with Crippen molar-refractivity contribution in [3.8, 4) is 0 Å². The lowest BCUT2D eigenvalue weighted by Crippen LogP contribution is -2.21. The van der Waals surface area contributed by atoms with Crippen LogP contribution in [-0.4, -0.2) is 11.7 Å². The molecule has 1 aliphatic rings. The molecule has 0 saturated carbocycles. The Labute approximate surface area is 117 Å². The van der Waals surface area contributed by atoms with Crippen LogP contribution in [0.1, 0.15) is 43.6 Å². The quantitative estimate of drug-likeness (QED) is 0.890. The number of hydrogen-bond acceptors (Lipinski definition) is 4. The first-order valence-electron chi connectivity index (χ1n) is 6.79. The van der Waals surface area contributed by atoms with Crippen molar-refractivity contribution in [3.63, 3.8) is 0 Å². The lowest BCUT2D eigenvalue weighted by molar-refractivity contribution is -0.120. The zero-order valence-electron chi connectivity index (χ0n) is 11.4. The Bertz CT molecular complexity index is 504. The highest BCUT2D eigenvalue weighted by atomic mass is 32.1. The summed E-state index contributed by atoms with van der Waals surface area (Å²) in [6, 6.07) is 0. The van der Waals surface area contributed by atoms with Gasteiger partial charge in [-0.2, -0.15) is 0 Å². The van der Waals surface area contributed by atoms with Crippen molar-refractivity contribution in [3.05, 3.63) is 10.4 Å². The minimum atomic E-state index is 0.0279. The second-order valence-corrected chi connectivity index (χ2v) is 6.07. The number of nitrogen functional groups attached to an aromatic ring is 1. The van der Waals surface area contributed by atoms with Crippen LogP contribution in [0.2, 0.25) is 0 Å². The van der Waals surface area contributed by atoms with E-state index in [1.807, 2.05) is 13.8 Å². The molecule has 0 aromatic carbocycles. The van der Waals surface area contributed by atoms with Gasteiger partial charge in [-0.05, 0) is 24.8 Å². The van der Waals surface area contributed by atoms with Gasteiger partial charge in [-0.1, -0.05) is 13.8 Å². The molecule has 1 amide bonds. The van der Waals surface area contributed by atoms with Crippen LogP contribution in [0.25, 0.3) is 0 Å². The standard InChI is InChI=1S/C14H20N2O2S/c1-3-8(4-2)13(18)16-14-12(15)10-6-5-9(17)7-11(10)19-14/h8H,3-7,15H2,1-2H3,(H,16,18). The first kappa shape index (κ1) is 14.1. The molecule has 0 aliphatic heterocycles. The van der Waals surface area contributed by atoms with Crippen LogP contribution < -0.4 is 11.1 Å². The molecule has 5 heteroatoms. The van der Waals surface area contributed by atoms with E-state index in [0.717, 1.165) is 28.3 Å². The minimum Gasteiger partial charge on any atom is -0.396 e. The molecule has 0 fully saturated rings. The van der Waals surface area contributed by atoms with E-state index in [1.54, 1.807) is 0 Å². The molecule has 0 unspecified atom stereocenters. The molecule has 1 heterocycles. The number of nitrogens with two attached hydrogens (primary N) is 1. The molecule has 3 N–H and O–H groups in total. The van der Waals surface area contributed by atoms with Gasteiger partial charge in [0.15, 0.2) is 0 Å². The maximum absolute atomic E-state index is 12.1. The zero-order chi connectivity index (χ0) is 14.0. The molecule has 0 atom stereocenters. The van der Waals surface area contributed by atoms with E-state index < -0.39 is 0 Å². The van der Waals surface area contributed by atoms with E-state index in [4.69, 9.17) is 5.73 Å².